The van der Waals surface area contributed by atoms with E-state index in [9.17, 15) is 4.79 Å². The Morgan fingerprint density at radius 2 is 1.48 bits per heavy atom. The minimum atomic E-state index is -0.200. The Kier molecular flexibility index (Phi) is 12.0. The molecule has 2 nitrogen and oxygen atoms in total. The molecule has 130 valence electrons. The first-order valence-corrected chi connectivity index (χ1v) is 8.73. The Morgan fingerprint density at radius 1 is 0.870 bits per heavy atom. The predicted molar refractivity (Wildman–Crippen MR) is 100 cm³/mol. The van der Waals surface area contributed by atoms with Crippen LogP contribution in [0, 0.1) is 0 Å². The first-order chi connectivity index (χ1) is 10.9. The van der Waals surface area contributed by atoms with Crippen molar-refractivity contribution in [1.29, 1.82) is 0 Å². The fourth-order valence-electron chi connectivity index (χ4n) is 2.12. The summed E-state index contributed by atoms with van der Waals surface area (Å²) >= 11 is 0. The SMILES string of the molecule is CCOC(=O)C(=CC=C(C)CCC=C(C)CCC=C(C)C)CC. The van der Waals surface area contributed by atoms with E-state index < -0.39 is 0 Å². The zero-order valence-electron chi connectivity index (χ0n) is 15.9. The van der Waals surface area contributed by atoms with E-state index in [1.807, 2.05) is 26.0 Å². The van der Waals surface area contributed by atoms with Crippen LogP contribution in [0.3, 0.4) is 0 Å². The van der Waals surface area contributed by atoms with E-state index in [4.69, 9.17) is 4.74 Å². The molecule has 0 saturated carbocycles. The van der Waals surface area contributed by atoms with Crippen molar-refractivity contribution in [2.45, 2.75) is 73.6 Å². The molecule has 0 fully saturated rings. The van der Waals surface area contributed by atoms with Gasteiger partial charge < -0.3 is 4.74 Å². The highest BCUT2D eigenvalue weighted by molar-refractivity contribution is 5.88. The standard InChI is InChI=1S/C21H34O2/c1-7-20(21(22)23-8-2)16-15-19(6)14-10-13-18(5)12-9-11-17(3)4/h11,13,15-16H,7-10,12,14H2,1-6H3. The van der Waals surface area contributed by atoms with Gasteiger partial charge in [0.1, 0.15) is 0 Å². The van der Waals surface area contributed by atoms with E-state index >= 15 is 0 Å². The molecule has 0 spiro atoms. The molecule has 0 saturated heterocycles. The van der Waals surface area contributed by atoms with E-state index in [0.717, 1.165) is 31.3 Å². The van der Waals surface area contributed by atoms with Gasteiger partial charge in [-0.1, -0.05) is 47.9 Å². The van der Waals surface area contributed by atoms with Crippen molar-refractivity contribution >= 4 is 5.97 Å². The van der Waals surface area contributed by atoms with Crippen LogP contribution in [0.4, 0.5) is 0 Å². The van der Waals surface area contributed by atoms with Gasteiger partial charge in [0, 0.05) is 5.57 Å². The van der Waals surface area contributed by atoms with Gasteiger partial charge in [0.25, 0.3) is 0 Å². The van der Waals surface area contributed by atoms with E-state index in [1.54, 1.807) is 0 Å². The van der Waals surface area contributed by atoms with Gasteiger partial charge in [-0.2, -0.15) is 0 Å². The third-order valence-corrected chi connectivity index (χ3v) is 3.61. The molecule has 0 heterocycles. The quantitative estimate of drug-likeness (QED) is 0.204. The highest BCUT2D eigenvalue weighted by Gasteiger charge is 2.06. The third kappa shape index (κ3) is 11.6. The van der Waals surface area contributed by atoms with Crippen LogP contribution in [0.2, 0.25) is 0 Å². The summed E-state index contributed by atoms with van der Waals surface area (Å²) in [5.74, 6) is -0.200. The van der Waals surface area contributed by atoms with E-state index in [0.29, 0.717) is 13.0 Å². The maximum absolute atomic E-state index is 11.7. The smallest absolute Gasteiger partial charge is 0.333 e. The van der Waals surface area contributed by atoms with Crippen molar-refractivity contribution in [3.05, 3.63) is 46.6 Å². The van der Waals surface area contributed by atoms with Crippen LogP contribution >= 0.6 is 0 Å². The highest BCUT2D eigenvalue weighted by Crippen LogP contribution is 2.12. The number of rotatable bonds is 10. The summed E-state index contributed by atoms with van der Waals surface area (Å²) in [6, 6.07) is 0. The summed E-state index contributed by atoms with van der Waals surface area (Å²) in [6.45, 7) is 12.8. The van der Waals surface area contributed by atoms with Gasteiger partial charge in [-0.25, -0.2) is 4.79 Å². The van der Waals surface area contributed by atoms with Crippen LogP contribution in [0.1, 0.15) is 73.6 Å². The summed E-state index contributed by atoms with van der Waals surface area (Å²) < 4.78 is 5.04. The molecule has 0 aromatic rings. The average Bonchev–Trinajstić information content (AvgIpc) is 2.47. The first-order valence-electron chi connectivity index (χ1n) is 8.73. The molecule has 0 atom stereocenters. The fraction of sp³-hybridized carbons (Fsp3) is 0.571. The molecule has 0 radical (unpaired) electrons. The zero-order chi connectivity index (χ0) is 17.7. The van der Waals surface area contributed by atoms with Crippen molar-refractivity contribution in [3.8, 4) is 0 Å². The molecule has 0 aliphatic heterocycles. The van der Waals surface area contributed by atoms with Crippen LogP contribution in [-0.2, 0) is 9.53 Å². The molecule has 0 amide bonds. The van der Waals surface area contributed by atoms with Crippen LogP contribution in [0.5, 0.6) is 0 Å². The molecule has 23 heavy (non-hydrogen) atoms. The second-order valence-corrected chi connectivity index (χ2v) is 6.19. The molecular formula is C21H34O2. The molecule has 0 aliphatic carbocycles. The van der Waals surface area contributed by atoms with Gasteiger partial charge in [-0.05, 0) is 66.7 Å². The first kappa shape index (κ1) is 21.4. The predicted octanol–water partition coefficient (Wildman–Crippen LogP) is 6.31. The monoisotopic (exact) mass is 318 g/mol. The molecule has 0 aromatic carbocycles. The molecule has 0 unspecified atom stereocenters. The lowest BCUT2D eigenvalue weighted by atomic mass is 10.1. The van der Waals surface area contributed by atoms with Crippen molar-refractivity contribution in [2.75, 3.05) is 6.61 Å². The van der Waals surface area contributed by atoms with Gasteiger partial charge >= 0.3 is 5.97 Å². The minimum Gasteiger partial charge on any atom is -0.463 e. The lowest BCUT2D eigenvalue weighted by Crippen LogP contribution is -2.06. The topological polar surface area (TPSA) is 26.3 Å². The highest BCUT2D eigenvalue weighted by atomic mass is 16.5. The van der Waals surface area contributed by atoms with Crippen LogP contribution in [0.15, 0.2) is 46.6 Å². The number of hydrogen-bond donors (Lipinski definition) is 0. The van der Waals surface area contributed by atoms with Gasteiger partial charge in [0.15, 0.2) is 0 Å². The van der Waals surface area contributed by atoms with Crippen molar-refractivity contribution < 1.29 is 9.53 Å². The largest absolute Gasteiger partial charge is 0.463 e. The Hall–Kier alpha value is -1.57. The lowest BCUT2D eigenvalue weighted by molar-refractivity contribution is -0.138. The van der Waals surface area contributed by atoms with Crippen LogP contribution in [-0.4, -0.2) is 12.6 Å². The summed E-state index contributed by atoms with van der Waals surface area (Å²) in [4.78, 5) is 11.7. The maximum atomic E-state index is 11.7. The van der Waals surface area contributed by atoms with Crippen molar-refractivity contribution in [2.24, 2.45) is 0 Å². The van der Waals surface area contributed by atoms with Gasteiger partial charge in [-0.3, -0.25) is 0 Å². The van der Waals surface area contributed by atoms with Crippen LogP contribution in [0.25, 0.3) is 0 Å². The van der Waals surface area contributed by atoms with E-state index in [2.05, 4.69) is 39.8 Å². The molecule has 0 rings (SSSR count). The molecule has 0 N–H and O–H groups in total. The summed E-state index contributed by atoms with van der Waals surface area (Å²) in [7, 11) is 0. The number of ether oxygens (including phenoxy) is 1. The van der Waals surface area contributed by atoms with E-state index in [1.165, 1.54) is 16.7 Å². The maximum Gasteiger partial charge on any atom is 0.333 e. The molecule has 0 bridgehead atoms. The number of allylic oxidation sites excluding steroid dienone is 7. The molecule has 0 aromatic heterocycles. The molecule has 2 heteroatoms. The number of hydrogen-bond acceptors (Lipinski definition) is 2. The zero-order valence-corrected chi connectivity index (χ0v) is 15.9. The summed E-state index contributed by atoms with van der Waals surface area (Å²) in [5.41, 5.74) is 4.86. The Bertz CT molecular complexity index is 472. The normalized spacial score (nSPS) is 13.0. The summed E-state index contributed by atoms with van der Waals surface area (Å²) in [6.07, 6.45) is 13.6. The van der Waals surface area contributed by atoms with Crippen LogP contribution < -0.4 is 0 Å². The van der Waals surface area contributed by atoms with E-state index in [-0.39, 0.29) is 5.97 Å². The second kappa shape index (κ2) is 12.9. The Labute approximate surface area is 143 Å². The van der Waals surface area contributed by atoms with Gasteiger partial charge in [0.05, 0.1) is 6.61 Å². The summed E-state index contributed by atoms with van der Waals surface area (Å²) in [5, 5.41) is 0. The lowest BCUT2D eigenvalue weighted by Gasteiger charge is -2.04. The van der Waals surface area contributed by atoms with Crippen molar-refractivity contribution in [3.63, 3.8) is 0 Å². The molecular weight excluding hydrogens is 284 g/mol. The van der Waals surface area contributed by atoms with Gasteiger partial charge in [-0.15, -0.1) is 0 Å². The Balaban J connectivity index is 4.38. The second-order valence-electron chi connectivity index (χ2n) is 6.19. The number of esters is 1. The Morgan fingerprint density at radius 3 is 2.04 bits per heavy atom. The minimum absolute atomic E-state index is 0.200. The van der Waals surface area contributed by atoms with Crippen molar-refractivity contribution in [1.82, 2.24) is 0 Å². The number of carbonyl (C=O) groups is 1. The average molecular weight is 319 g/mol. The number of carbonyl (C=O) groups excluding carboxylic acids is 1. The fourth-order valence-corrected chi connectivity index (χ4v) is 2.12. The molecule has 0 aliphatic rings. The van der Waals surface area contributed by atoms with Gasteiger partial charge in [0.2, 0.25) is 0 Å². The third-order valence-electron chi connectivity index (χ3n) is 3.61.